The summed E-state index contributed by atoms with van der Waals surface area (Å²) < 4.78 is 0. The van der Waals surface area contributed by atoms with Gasteiger partial charge in [-0.2, -0.15) is 0 Å². The number of aliphatic hydroxyl groups excluding tert-OH is 3. The van der Waals surface area contributed by atoms with E-state index in [9.17, 15) is 53.7 Å². The van der Waals surface area contributed by atoms with Crippen LogP contribution in [0.1, 0.15) is 51.9 Å². The van der Waals surface area contributed by atoms with E-state index in [4.69, 9.17) is 22.0 Å². The van der Waals surface area contributed by atoms with Crippen LogP contribution >= 0.6 is 0 Å². The van der Waals surface area contributed by atoms with Crippen LogP contribution in [0.25, 0.3) is 0 Å². The van der Waals surface area contributed by atoms with Crippen molar-refractivity contribution >= 4 is 53.3 Å². The number of nitrogens with one attached hydrogen (secondary N) is 11. The van der Waals surface area contributed by atoms with Crippen LogP contribution in [0.15, 0.2) is 25.0 Å². The van der Waals surface area contributed by atoms with Gasteiger partial charge in [-0.3, -0.25) is 39.0 Å². The standard InChI is InChI=1S/C36H59N15O12/c1-16(2)26(37)33(60)48-23(9-20-11-41-15-44-20)31(58)51-27(18(4)54)34(61)49-24(12-52)32(59)46-21(6-5-7-42-36(38)39)29(56)47-22(8-19-10-40-14-43-19)30(57)45-17(3)28(55)50-25(13-53)35(62)63/h10-11,14-18,21-27,52-54H,5-9,12-13,37H2,1-4H3,(H,40,43)(H,41,44)(H,45,57)(H,46,59)(H,47,56)(H,48,60)(H,49,61)(H,50,55)(H,51,58)(H,62,63)(H4,38,39,42)/t17-,18+,21-,22-,23-,24-,25-,26-,27-/m1/s1. The lowest BCUT2D eigenvalue weighted by Gasteiger charge is -2.28. The summed E-state index contributed by atoms with van der Waals surface area (Å²) in [6.07, 6.45) is 3.45. The van der Waals surface area contributed by atoms with Gasteiger partial charge in [-0.1, -0.05) is 13.8 Å². The van der Waals surface area contributed by atoms with Crippen LogP contribution in [-0.4, -0.2) is 168 Å². The Morgan fingerprint density at radius 3 is 1.59 bits per heavy atom. The molecule has 0 aliphatic heterocycles. The molecule has 0 aliphatic carbocycles. The van der Waals surface area contributed by atoms with E-state index in [1.807, 2.05) is 0 Å². The topological polar surface area (TPSA) is 447 Å². The average molecular weight is 894 g/mol. The predicted molar refractivity (Wildman–Crippen MR) is 219 cm³/mol. The molecule has 0 saturated carbocycles. The molecule has 0 unspecified atom stereocenters. The molecule has 2 aromatic heterocycles. The average Bonchev–Trinajstić information content (AvgIpc) is 3.95. The number of hydrogen-bond donors (Lipinski definition) is 17. The number of carbonyl (C=O) groups excluding carboxylic acids is 7. The van der Waals surface area contributed by atoms with Crippen LogP contribution in [0, 0.1) is 11.3 Å². The Kier molecular flexibility index (Phi) is 21.6. The van der Waals surface area contributed by atoms with Crippen molar-refractivity contribution in [3.05, 3.63) is 36.4 Å². The minimum Gasteiger partial charge on any atom is -0.480 e. The fraction of sp³-hybridized carbons (Fsp3) is 0.583. The van der Waals surface area contributed by atoms with E-state index in [0.29, 0.717) is 5.69 Å². The van der Waals surface area contributed by atoms with Gasteiger partial charge in [0.2, 0.25) is 41.4 Å². The van der Waals surface area contributed by atoms with E-state index in [2.05, 4.69) is 62.5 Å². The monoisotopic (exact) mass is 893 g/mol. The summed E-state index contributed by atoms with van der Waals surface area (Å²) in [4.78, 5) is 118. The highest BCUT2D eigenvalue weighted by atomic mass is 16.4. The van der Waals surface area contributed by atoms with E-state index in [1.165, 1.54) is 32.0 Å². The van der Waals surface area contributed by atoms with Crippen molar-refractivity contribution in [2.24, 2.45) is 17.4 Å². The van der Waals surface area contributed by atoms with Crippen LogP contribution in [0.3, 0.4) is 0 Å². The number of nitrogens with zero attached hydrogens (tertiary/aromatic N) is 2. The Labute approximate surface area is 361 Å². The van der Waals surface area contributed by atoms with Gasteiger partial charge >= 0.3 is 5.97 Å². The smallest absolute Gasteiger partial charge is 0.328 e. The van der Waals surface area contributed by atoms with E-state index >= 15 is 0 Å². The van der Waals surface area contributed by atoms with Crippen LogP contribution in [0.4, 0.5) is 0 Å². The number of carboxylic acid groups (broad SMARTS) is 1. The highest BCUT2D eigenvalue weighted by molar-refractivity contribution is 5.97. The number of imidazole rings is 2. The fourth-order valence-electron chi connectivity index (χ4n) is 5.53. The molecule has 0 saturated heterocycles. The van der Waals surface area contributed by atoms with Crippen molar-refractivity contribution < 1.29 is 58.8 Å². The molecule has 2 rings (SSSR count). The number of amides is 7. The SMILES string of the molecule is CC(C)[C@@H](N)C(=O)N[C@H](Cc1c[nH]cn1)C(=O)N[C@@H](C(=O)N[C@H](CO)C(=O)N[C@H](CCCNC(=N)N)C(=O)N[C@H](Cc1c[nH]cn1)C(=O)N[C@H](C)C(=O)N[C@H](CO)C(=O)O)[C@H](C)O. The Balaban J connectivity index is 2.30. The predicted octanol–water partition coefficient (Wildman–Crippen LogP) is -6.97. The van der Waals surface area contributed by atoms with Gasteiger partial charge < -0.3 is 84.4 Å². The van der Waals surface area contributed by atoms with Gasteiger partial charge in [0.1, 0.15) is 42.3 Å². The number of carbonyl (C=O) groups is 8. The molecule has 7 amide bonds. The van der Waals surface area contributed by atoms with Gasteiger partial charge in [-0.05, 0) is 32.6 Å². The number of aliphatic hydroxyl groups is 3. The minimum absolute atomic E-state index is 0.0465. The van der Waals surface area contributed by atoms with Crippen molar-refractivity contribution in [2.75, 3.05) is 19.8 Å². The summed E-state index contributed by atoms with van der Waals surface area (Å²) in [5, 5.41) is 65.5. The molecule has 0 bridgehead atoms. The number of nitrogens with two attached hydrogens (primary N) is 2. The third-order valence-electron chi connectivity index (χ3n) is 9.27. The lowest BCUT2D eigenvalue weighted by Crippen LogP contribution is -2.62. The van der Waals surface area contributed by atoms with Crippen molar-refractivity contribution in [1.29, 1.82) is 5.41 Å². The number of aromatic amines is 2. The number of carboxylic acids is 1. The van der Waals surface area contributed by atoms with Gasteiger partial charge in [-0.15, -0.1) is 0 Å². The summed E-state index contributed by atoms with van der Waals surface area (Å²) >= 11 is 0. The molecule has 0 radical (unpaired) electrons. The first kappa shape index (κ1) is 52.4. The molecular weight excluding hydrogens is 834 g/mol. The van der Waals surface area contributed by atoms with Crippen molar-refractivity contribution in [3.8, 4) is 0 Å². The quantitative estimate of drug-likeness (QED) is 0.0225. The second-order valence-electron chi connectivity index (χ2n) is 14.7. The first-order valence-electron chi connectivity index (χ1n) is 19.7. The van der Waals surface area contributed by atoms with Crippen LogP contribution in [-0.2, 0) is 51.2 Å². The summed E-state index contributed by atoms with van der Waals surface area (Å²) in [7, 11) is 0. The van der Waals surface area contributed by atoms with E-state index in [1.54, 1.807) is 13.8 Å². The van der Waals surface area contributed by atoms with Crippen molar-refractivity contribution in [2.45, 2.75) is 108 Å². The summed E-state index contributed by atoms with van der Waals surface area (Å²) in [5.74, 6) is -8.97. The number of guanidine groups is 1. The van der Waals surface area contributed by atoms with Gasteiger partial charge in [-0.25, -0.2) is 14.8 Å². The molecule has 27 heteroatoms. The van der Waals surface area contributed by atoms with Gasteiger partial charge in [0, 0.05) is 31.8 Å². The highest BCUT2D eigenvalue weighted by Crippen LogP contribution is 2.07. The molecule has 0 aromatic carbocycles. The third kappa shape index (κ3) is 17.7. The zero-order chi connectivity index (χ0) is 47.4. The molecule has 63 heavy (non-hydrogen) atoms. The minimum atomic E-state index is -1.79. The second kappa shape index (κ2) is 25.9. The van der Waals surface area contributed by atoms with Crippen molar-refractivity contribution in [1.82, 2.24) is 62.5 Å². The fourth-order valence-corrected chi connectivity index (χ4v) is 5.53. The molecule has 19 N–H and O–H groups in total. The molecule has 0 spiro atoms. The molecule has 27 nitrogen and oxygen atoms in total. The van der Waals surface area contributed by atoms with Crippen LogP contribution < -0.4 is 54.0 Å². The highest BCUT2D eigenvalue weighted by Gasteiger charge is 2.35. The van der Waals surface area contributed by atoms with Crippen LogP contribution in [0.2, 0.25) is 0 Å². The summed E-state index contributed by atoms with van der Waals surface area (Å²) in [6, 6.07) is -11.9. The number of aliphatic carboxylic acids is 1. The van der Waals surface area contributed by atoms with Gasteiger partial charge in [0.15, 0.2) is 5.96 Å². The molecule has 9 atom stereocenters. The zero-order valence-corrected chi connectivity index (χ0v) is 35.1. The van der Waals surface area contributed by atoms with Gasteiger partial charge in [0.05, 0.1) is 49.4 Å². The summed E-state index contributed by atoms with van der Waals surface area (Å²) in [6.45, 7) is 3.84. The number of aromatic nitrogens is 4. The van der Waals surface area contributed by atoms with E-state index in [-0.39, 0.29) is 49.8 Å². The number of H-pyrrole nitrogens is 2. The lowest BCUT2D eigenvalue weighted by atomic mass is 10.0. The second-order valence-corrected chi connectivity index (χ2v) is 14.7. The summed E-state index contributed by atoms with van der Waals surface area (Å²) in [5.41, 5.74) is 12.0. The van der Waals surface area contributed by atoms with E-state index < -0.39 is 115 Å². The Morgan fingerprint density at radius 2 is 1.13 bits per heavy atom. The largest absolute Gasteiger partial charge is 0.480 e. The molecule has 0 aliphatic rings. The molecule has 350 valence electrons. The maximum atomic E-state index is 13.8. The number of rotatable bonds is 27. The molecule has 2 aromatic rings. The van der Waals surface area contributed by atoms with E-state index in [0.717, 1.165) is 6.92 Å². The maximum Gasteiger partial charge on any atom is 0.328 e. The zero-order valence-electron chi connectivity index (χ0n) is 35.1. The molecular formula is C36H59N15O12. The Bertz CT molecular complexity index is 1840. The third-order valence-corrected chi connectivity index (χ3v) is 9.27. The lowest BCUT2D eigenvalue weighted by molar-refractivity contribution is -0.143. The maximum absolute atomic E-state index is 13.8. The normalized spacial score (nSPS) is 15.4. The first-order valence-corrected chi connectivity index (χ1v) is 19.7. The van der Waals surface area contributed by atoms with Crippen LogP contribution in [0.5, 0.6) is 0 Å². The first-order chi connectivity index (χ1) is 29.7. The van der Waals surface area contributed by atoms with Crippen molar-refractivity contribution in [3.63, 3.8) is 0 Å². The number of hydrogen-bond acceptors (Lipinski definition) is 15. The Morgan fingerprint density at radius 1 is 0.667 bits per heavy atom. The molecule has 2 heterocycles. The Hall–Kier alpha value is -6.71. The van der Waals surface area contributed by atoms with Gasteiger partial charge in [0.25, 0.3) is 0 Å². The molecule has 0 fully saturated rings.